The number of hydrogen-bond donors (Lipinski definition) is 0. The highest BCUT2D eigenvalue weighted by molar-refractivity contribution is 5.73. The van der Waals surface area contributed by atoms with Crippen molar-refractivity contribution in [3.05, 3.63) is 41.7 Å². The van der Waals surface area contributed by atoms with Gasteiger partial charge in [-0.3, -0.25) is 9.69 Å². The predicted molar refractivity (Wildman–Crippen MR) is 80.9 cm³/mol. The van der Waals surface area contributed by atoms with Crippen LogP contribution in [-0.4, -0.2) is 62.1 Å². The van der Waals surface area contributed by atoms with Gasteiger partial charge in [-0.1, -0.05) is 30.3 Å². The third kappa shape index (κ3) is 2.99. The molecule has 0 bridgehead atoms. The summed E-state index contributed by atoms with van der Waals surface area (Å²) < 4.78 is 0. The van der Waals surface area contributed by atoms with E-state index in [9.17, 15) is 4.79 Å². The third-order valence-electron chi connectivity index (χ3n) is 4.01. The second-order valence-corrected chi connectivity index (χ2v) is 5.49. The summed E-state index contributed by atoms with van der Waals surface area (Å²) in [5.41, 5.74) is 1.15. The lowest BCUT2D eigenvalue weighted by atomic mass is 10.0. The van der Waals surface area contributed by atoms with Crippen molar-refractivity contribution in [2.45, 2.75) is 13.0 Å². The van der Waals surface area contributed by atoms with E-state index in [1.165, 1.54) is 4.80 Å². The molecule has 1 saturated heterocycles. The normalized spacial score (nSPS) is 17.5. The van der Waals surface area contributed by atoms with Crippen LogP contribution in [0.1, 0.15) is 24.4 Å². The number of aromatic nitrogens is 4. The molecule has 3 rings (SSSR count). The molecule has 116 valence electrons. The lowest BCUT2D eigenvalue weighted by Gasteiger charge is -2.38. The lowest BCUT2D eigenvalue weighted by molar-refractivity contribution is -0.130. The van der Waals surface area contributed by atoms with E-state index in [1.807, 2.05) is 23.1 Å². The van der Waals surface area contributed by atoms with E-state index in [-0.39, 0.29) is 11.9 Å². The predicted octanol–water partition coefficient (Wildman–Crippen LogP) is 0.464. The van der Waals surface area contributed by atoms with E-state index in [0.717, 1.165) is 31.7 Å². The molecule has 0 aliphatic carbocycles. The Labute approximate surface area is 129 Å². The van der Waals surface area contributed by atoms with E-state index < -0.39 is 0 Å². The number of benzene rings is 1. The standard InChI is InChI=1S/C15H20N6O/c1-12(22)20-8-10-21(11-9-20)14(13-6-4-3-5-7-13)15-16-18-19(2)17-15/h3-7,14H,8-11H2,1-2H3. The van der Waals surface area contributed by atoms with Gasteiger partial charge in [0, 0.05) is 33.1 Å². The van der Waals surface area contributed by atoms with Crippen LogP contribution in [0.4, 0.5) is 0 Å². The van der Waals surface area contributed by atoms with E-state index >= 15 is 0 Å². The van der Waals surface area contributed by atoms with E-state index in [2.05, 4.69) is 32.4 Å². The molecular formula is C15H20N6O. The SMILES string of the molecule is CC(=O)N1CCN(C(c2ccccc2)c2nnn(C)n2)CC1. The molecule has 7 heteroatoms. The molecule has 1 aliphatic rings. The number of carbonyl (C=O) groups excluding carboxylic acids is 1. The summed E-state index contributed by atoms with van der Waals surface area (Å²) >= 11 is 0. The average molecular weight is 300 g/mol. The molecule has 0 saturated carbocycles. The molecule has 1 aromatic heterocycles. The topological polar surface area (TPSA) is 67.2 Å². The van der Waals surface area contributed by atoms with Crippen molar-refractivity contribution < 1.29 is 4.79 Å². The van der Waals surface area contributed by atoms with Crippen molar-refractivity contribution in [3.8, 4) is 0 Å². The zero-order valence-electron chi connectivity index (χ0n) is 12.9. The molecule has 0 radical (unpaired) electrons. The van der Waals surface area contributed by atoms with Gasteiger partial charge in [-0.15, -0.1) is 10.2 Å². The molecule has 1 amide bonds. The van der Waals surface area contributed by atoms with Gasteiger partial charge in [-0.05, 0) is 10.8 Å². The molecule has 7 nitrogen and oxygen atoms in total. The number of amides is 1. The molecule has 2 aromatic rings. The van der Waals surface area contributed by atoms with Crippen LogP contribution in [0.15, 0.2) is 30.3 Å². The maximum Gasteiger partial charge on any atom is 0.219 e. The van der Waals surface area contributed by atoms with Gasteiger partial charge >= 0.3 is 0 Å². The smallest absolute Gasteiger partial charge is 0.219 e. The van der Waals surface area contributed by atoms with Crippen LogP contribution in [0.25, 0.3) is 0 Å². The Morgan fingerprint density at radius 3 is 2.36 bits per heavy atom. The molecule has 1 unspecified atom stereocenters. The van der Waals surface area contributed by atoms with Crippen LogP contribution >= 0.6 is 0 Å². The van der Waals surface area contributed by atoms with E-state index in [4.69, 9.17) is 0 Å². The van der Waals surface area contributed by atoms with Crippen molar-refractivity contribution in [1.82, 2.24) is 30.0 Å². The van der Waals surface area contributed by atoms with Crippen molar-refractivity contribution >= 4 is 5.91 Å². The van der Waals surface area contributed by atoms with Gasteiger partial charge < -0.3 is 4.90 Å². The summed E-state index contributed by atoms with van der Waals surface area (Å²) in [6, 6.07) is 10.2. The molecule has 22 heavy (non-hydrogen) atoms. The molecule has 1 fully saturated rings. The Bertz CT molecular complexity index is 632. The Morgan fingerprint density at radius 2 is 1.82 bits per heavy atom. The fourth-order valence-corrected chi connectivity index (χ4v) is 2.86. The van der Waals surface area contributed by atoms with Gasteiger partial charge in [0.2, 0.25) is 5.91 Å². The quantitative estimate of drug-likeness (QED) is 0.824. The first kappa shape index (κ1) is 14.6. The zero-order valence-corrected chi connectivity index (χ0v) is 12.9. The number of nitrogens with zero attached hydrogens (tertiary/aromatic N) is 6. The van der Waals surface area contributed by atoms with Crippen LogP contribution in [-0.2, 0) is 11.8 Å². The van der Waals surface area contributed by atoms with Gasteiger partial charge in [0.15, 0.2) is 5.82 Å². The van der Waals surface area contributed by atoms with Crippen LogP contribution in [0.2, 0.25) is 0 Å². The van der Waals surface area contributed by atoms with Crippen LogP contribution < -0.4 is 0 Å². The number of piperazine rings is 1. The highest BCUT2D eigenvalue weighted by Gasteiger charge is 2.29. The minimum Gasteiger partial charge on any atom is -0.340 e. The van der Waals surface area contributed by atoms with Crippen LogP contribution in [0.3, 0.4) is 0 Å². The Hall–Kier alpha value is -2.28. The molecule has 1 atom stereocenters. The summed E-state index contributed by atoms with van der Waals surface area (Å²) in [6.07, 6.45) is 0. The number of rotatable bonds is 3. The first-order valence-corrected chi connectivity index (χ1v) is 7.43. The Morgan fingerprint density at radius 1 is 1.14 bits per heavy atom. The fraction of sp³-hybridized carbons (Fsp3) is 0.467. The van der Waals surface area contributed by atoms with Crippen LogP contribution in [0, 0.1) is 0 Å². The van der Waals surface area contributed by atoms with Gasteiger partial charge in [-0.25, -0.2) is 0 Å². The summed E-state index contributed by atoms with van der Waals surface area (Å²) in [7, 11) is 1.77. The highest BCUT2D eigenvalue weighted by Crippen LogP contribution is 2.26. The Balaban J connectivity index is 1.85. The molecular weight excluding hydrogens is 280 g/mol. The maximum absolute atomic E-state index is 11.5. The minimum atomic E-state index is -0.0241. The van der Waals surface area contributed by atoms with E-state index in [0.29, 0.717) is 5.82 Å². The molecule has 2 heterocycles. The second-order valence-electron chi connectivity index (χ2n) is 5.49. The monoisotopic (exact) mass is 300 g/mol. The van der Waals surface area contributed by atoms with Crippen molar-refractivity contribution in [3.63, 3.8) is 0 Å². The number of tetrazole rings is 1. The first-order chi connectivity index (χ1) is 10.6. The first-order valence-electron chi connectivity index (χ1n) is 7.43. The summed E-state index contributed by atoms with van der Waals surface area (Å²) in [4.78, 5) is 17.2. The van der Waals surface area contributed by atoms with Crippen molar-refractivity contribution in [2.75, 3.05) is 26.2 Å². The minimum absolute atomic E-state index is 0.0241. The maximum atomic E-state index is 11.5. The third-order valence-corrected chi connectivity index (χ3v) is 4.01. The van der Waals surface area contributed by atoms with Crippen molar-refractivity contribution in [1.29, 1.82) is 0 Å². The van der Waals surface area contributed by atoms with Crippen molar-refractivity contribution in [2.24, 2.45) is 7.05 Å². The van der Waals surface area contributed by atoms with Crippen LogP contribution in [0.5, 0.6) is 0 Å². The lowest BCUT2D eigenvalue weighted by Crippen LogP contribution is -2.49. The zero-order chi connectivity index (χ0) is 15.5. The van der Waals surface area contributed by atoms with Gasteiger partial charge in [0.25, 0.3) is 0 Å². The summed E-state index contributed by atoms with van der Waals surface area (Å²) in [6.45, 7) is 4.70. The largest absolute Gasteiger partial charge is 0.340 e. The van der Waals surface area contributed by atoms with Gasteiger partial charge in [0.05, 0.1) is 13.1 Å². The summed E-state index contributed by atoms with van der Waals surface area (Å²) in [5, 5.41) is 12.6. The second kappa shape index (κ2) is 6.23. The number of aryl methyl sites for hydroxylation is 1. The van der Waals surface area contributed by atoms with Gasteiger partial charge in [-0.2, -0.15) is 4.80 Å². The highest BCUT2D eigenvalue weighted by atomic mass is 16.2. The molecule has 0 spiro atoms. The average Bonchev–Trinajstić information content (AvgIpc) is 2.95. The molecule has 1 aliphatic heterocycles. The number of carbonyl (C=O) groups is 1. The van der Waals surface area contributed by atoms with E-state index in [1.54, 1.807) is 14.0 Å². The summed E-state index contributed by atoms with van der Waals surface area (Å²) in [5.74, 6) is 0.832. The molecule has 1 aromatic carbocycles. The number of hydrogen-bond acceptors (Lipinski definition) is 5. The fourth-order valence-electron chi connectivity index (χ4n) is 2.86. The van der Waals surface area contributed by atoms with Gasteiger partial charge in [0.1, 0.15) is 0 Å². The molecule has 0 N–H and O–H groups in total. The Kier molecular flexibility index (Phi) is 4.15.